The lowest BCUT2D eigenvalue weighted by atomic mass is 10.1. The van der Waals surface area contributed by atoms with Crippen molar-refractivity contribution in [2.45, 2.75) is 44.0 Å². The third-order valence-corrected chi connectivity index (χ3v) is 5.92. The number of hydrogen-bond donors (Lipinski definition) is 2. The van der Waals surface area contributed by atoms with Gasteiger partial charge in [0.1, 0.15) is 10.6 Å². The van der Waals surface area contributed by atoms with Gasteiger partial charge in [-0.05, 0) is 36.7 Å². The highest BCUT2D eigenvalue weighted by atomic mass is 32.2. The van der Waals surface area contributed by atoms with Crippen LogP contribution in [0.5, 0.6) is 0 Å². The predicted molar refractivity (Wildman–Crippen MR) is 76.7 cm³/mol. The quantitative estimate of drug-likeness (QED) is 0.839. The SMILES string of the molecule is CC1(C)CC1CNS(=O)(=O)c1cc(C(=O)O)n(C2CC2)c1. The third-order valence-electron chi connectivity index (χ3n) is 4.53. The van der Waals surface area contributed by atoms with E-state index >= 15 is 0 Å². The van der Waals surface area contributed by atoms with E-state index in [4.69, 9.17) is 0 Å². The molecule has 1 unspecified atom stereocenters. The molecule has 0 aromatic carbocycles. The van der Waals surface area contributed by atoms with Gasteiger partial charge in [-0.2, -0.15) is 0 Å². The standard InChI is InChI=1S/C14H20N2O4S/c1-14(2)6-9(14)7-15-21(19,20)11-5-12(13(17)18)16(8-11)10-3-4-10/h5,8-10,15H,3-4,6-7H2,1-2H3,(H,17,18). The van der Waals surface area contributed by atoms with Crippen LogP contribution in [0.1, 0.15) is 49.6 Å². The fraction of sp³-hybridized carbons (Fsp3) is 0.643. The van der Waals surface area contributed by atoms with Gasteiger partial charge in [-0.3, -0.25) is 0 Å². The Bertz CT molecular complexity index is 686. The zero-order valence-corrected chi connectivity index (χ0v) is 13.0. The predicted octanol–water partition coefficient (Wildman–Crippen LogP) is 1.85. The molecule has 2 fully saturated rings. The topological polar surface area (TPSA) is 88.4 Å². The van der Waals surface area contributed by atoms with Crippen molar-refractivity contribution in [3.05, 3.63) is 18.0 Å². The van der Waals surface area contributed by atoms with Gasteiger partial charge in [0.2, 0.25) is 10.0 Å². The second-order valence-electron chi connectivity index (χ2n) is 6.75. The zero-order valence-electron chi connectivity index (χ0n) is 12.2. The Morgan fingerprint density at radius 3 is 2.57 bits per heavy atom. The molecule has 2 N–H and O–H groups in total. The van der Waals surface area contributed by atoms with Crippen LogP contribution in [0.25, 0.3) is 0 Å². The van der Waals surface area contributed by atoms with E-state index in [1.807, 2.05) is 0 Å². The summed E-state index contributed by atoms with van der Waals surface area (Å²) in [7, 11) is -3.64. The van der Waals surface area contributed by atoms with E-state index in [1.165, 1.54) is 12.3 Å². The van der Waals surface area contributed by atoms with Crippen LogP contribution in [0.2, 0.25) is 0 Å². The van der Waals surface area contributed by atoms with Crippen molar-refractivity contribution in [1.29, 1.82) is 0 Å². The summed E-state index contributed by atoms with van der Waals surface area (Å²) < 4.78 is 28.7. The van der Waals surface area contributed by atoms with Crippen molar-refractivity contribution in [1.82, 2.24) is 9.29 Å². The minimum Gasteiger partial charge on any atom is -0.477 e. The van der Waals surface area contributed by atoms with E-state index < -0.39 is 16.0 Å². The van der Waals surface area contributed by atoms with Gasteiger partial charge in [-0.1, -0.05) is 13.8 Å². The Morgan fingerprint density at radius 2 is 2.10 bits per heavy atom. The molecule has 2 aliphatic rings. The molecular formula is C14H20N2O4S. The molecule has 0 saturated heterocycles. The van der Waals surface area contributed by atoms with Crippen molar-refractivity contribution in [2.75, 3.05) is 6.54 Å². The summed E-state index contributed by atoms with van der Waals surface area (Å²) in [5.41, 5.74) is 0.249. The molecule has 116 valence electrons. The van der Waals surface area contributed by atoms with E-state index in [2.05, 4.69) is 18.6 Å². The van der Waals surface area contributed by atoms with Gasteiger partial charge in [-0.15, -0.1) is 0 Å². The number of rotatable bonds is 6. The monoisotopic (exact) mass is 312 g/mol. The fourth-order valence-corrected chi connectivity index (χ4v) is 3.75. The van der Waals surface area contributed by atoms with Crippen LogP contribution in [0.3, 0.4) is 0 Å². The first-order chi connectivity index (χ1) is 9.71. The number of nitrogens with one attached hydrogen (secondary N) is 1. The van der Waals surface area contributed by atoms with E-state index in [1.54, 1.807) is 4.57 Å². The molecule has 2 aliphatic carbocycles. The van der Waals surface area contributed by atoms with Gasteiger partial charge in [-0.25, -0.2) is 17.9 Å². The van der Waals surface area contributed by atoms with Crippen LogP contribution in [0.4, 0.5) is 0 Å². The second-order valence-corrected chi connectivity index (χ2v) is 8.51. The Morgan fingerprint density at radius 1 is 1.48 bits per heavy atom. The van der Waals surface area contributed by atoms with E-state index in [0.717, 1.165) is 19.3 Å². The minimum absolute atomic E-state index is 0.0460. The summed E-state index contributed by atoms with van der Waals surface area (Å²) in [5.74, 6) is -0.733. The molecule has 21 heavy (non-hydrogen) atoms. The number of carboxylic acids is 1. The number of aromatic nitrogens is 1. The largest absolute Gasteiger partial charge is 0.477 e. The van der Waals surface area contributed by atoms with Crippen LogP contribution in [0.15, 0.2) is 17.2 Å². The van der Waals surface area contributed by atoms with Crippen molar-refractivity contribution in [3.63, 3.8) is 0 Å². The van der Waals surface area contributed by atoms with Crippen LogP contribution in [-0.2, 0) is 10.0 Å². The smallest absolute Gasteiger partial charge is 0.352 e. The van der Waals surface area contributed by atoms with Crippen molar-refractivity contribution < 1.29 is 18.3 Å². The van der Waals surface area contributed by atoms with E-state index in [-0.39, 0.29) is 22.0 Å². The van der Waals surface area contributed by atoms with E-state index in [9.17, 15) is 18.3 Å². The van der Waals surface area contributed by atoms with Crippen molar-refractivity contribution >= 4 is 16.0 Å². The molecule has 1 aromatic heterocycles. The first-order valence-corrected chi connectivity index (χ1v) is 8.64. The molecular weight excluding hydrogens is 292 g/mol. The highest BCUT2D eigenvalue weighted by Crippen LogP contribution is 2.51. The molecule has 2 saturated carbocycles. The highest BCUT2D eigenvalue weighted by molar-refractivity contribution is 7.89. The molecule has 1 aromatic rings. The van der Waals surface area contributed by atoms with Gasteiger partial charge < -0.3 is 9.67 Å². The van der Waals surface area contributed by atoms with Crippen LogP contribution >= 0.6 is 0 Å². The summed E-state index contributed by atoms with van der Waals surface area (Å²) in [5, 5.41) is 9.18. The number of aromatic carboxylic acids is 1. The molecule has 3 rings (SSSR count). The summed E-state index contributed by atoms with van der Waals surface area (Å²) in [6.45, 7) is 4.63. The number of nitrogens with zero attached hydrogens (tertiary/aromatic N) is 1. The summed E-state index contributed by atoms with van der Waals surface area (Å²) in [4.78, 5) is 11.3. The lowest BCUT2D eigenvalue weighted by Gasteiger charge is -2.06. The first kappa shape index (κ1) is 14.6. The number of carboxylic acid groups (broad SMARTS) is 1. The molecule has 0 spiro atoms. The summed E-state index contributed by atoms with van der Waals surface area (Å²) in [6.07, 6.45) is 4.26. The Kier molecular flexibility index (Phi) is 3.18. The van der Waals surface area contributed by atoms with Gasteiger partial charge in [0.25, 0.3) is 0 Å². The molecule has 0 aliphatic heterocycles. The molecule has 7 heteroatoms. The van der Waals surface area contributed by atoms with Crippen molar-refractivity contribution in [2.24, 2.45) is 11.3 Å². The number of hydrogen-bond acceptors (Lipinski definition) is 3. The molecule has 1 heterocycles. The highest BCUT2D eigenvalue weighted by Gasteiger charge is 2.45. The lowest BCUT2D eigenvalue weighted by molar-refractivity contribution is 0.0685. The van der Waals surface area contributed by atoms with Crippen LogP contribution in [0, 0.1) is 11.3 Å². The van der Waals surface area contributed by atoms with E-state index in [0.29, 0.717) is 12.5 Å². The fourth-order valence-electron chi connectivity index (χ4n) is 2.65. The summed E-state index contributed by atoms with van der Waals surface area (Å²) >= 11 is 0. The molecule has 0 amide bonds. The normalized spacial score (nSPS) is 24.0. The number of sulfonamides is 1. The first-order valence-electron chi connectivity index (χ1n) is 7.15. The lowest BCUT2D eigenvalue weighted by Crippen LogP contribution is -2.26. The van der Waals surface area contributed by atoms with Gasteiger partial charge >= 0.3 is 5.97 Å². The molecule has 6 nitrogen and oxygen atoms in total. The van der Waals surface area contributed by atoms with Gasteiger partial charge in [0.05, 0.1) is 0 Å². The Balaban J connectivity index is 1.78. The van der Waals surface area contributed by atoms with Crippen LogP contribution < -0.4 is 4.72 Å². The average Bonchev–Trinajstić information content (AvgIpc) is 3.26. The Labute approximate surface area is 124 Å². The molecule has 1 atom stereocenters. The van der Waals surface area contributed by atoms with Crippen LogP contribution in [-0.4, -0.2) is 30.6 Å². The maximum absolute atomic E-state index is 12.3. The maximum Gasteiger partial charge on any atom is 0.352 e. The average molecular weight is 312 g/mol. The second kappa shape index (κ2) is 4.58. The molecule has 0 radical (unpaired) electrons. The summed E-state index contributed by atoms with van der Waals surface area (Å²) in [6, 6.07) is 1.38. The maximum atomic E-state index is 12.3. The van der Waals surface area contributed by atoms with Gasteiger partial charge in [0.15, 0.2) is 0 Å². The Hall–Kier alpha value is -1.34. The van der Waals surface area contributed by atoms with Gasteiger partial charge in [0, 0.05) is 18.8 Å². The third kappa shape index (κ3) is 2.85. The molecule has 0 bridgehead atoms. The minimum atomic E-state index is -3.64. The zero-order chi connectivity index (χ0) is 15.4. The van der Waals surface area contributed by atoms with Crippen molar-refractivity contribution in [3.8, 4) is 0 Å². The number of carbonyl (C=O) groups is 1.